The molecule has 0 aliphatic heterocycles. The topological polar surface area (TPSA) is 66.4 Å². The van der Waals surface area contributed by atoms with Gasteiger partial charge in [-0.1, -0.05) is 77.9 Å². The monoisotopic (exact) mass is 497 g/mol. The van der Waals surface area contributed by atoms with Crippen LogP contribution in [0.5, 0.6) is 35.3 Å². The van der Waals surface area contributed by atoms with Crippen molar-refractivity contribution < 1.29 is 14.2 Å². The molecule has 0 bridgehead atoms. The van der Waals surface area contributed by atoms with Crippen LogP contribution in [0, 0.1) is 0 Å². The summed E-state index contributed by atoms with van der Waals surface area (Å²) in [5.74, 6) is 3.20. The number of hydrogen-bond donors (Lipinski definition) is 0. The second-order valence-corrected chi connectivity index (χ2v) is 9.82. The van der Waals surface area contributed by atoms with E-state index in [4.69, 9.17) is 14.2 Å². The third-order valence-corrected chi connectivity index (χ3v) is 6.36. The molecule has 1 heterocycles. The molecule has 6 nitrogen and oxygen atoms in total. The number of ether oxygens (including phenoxy) is 3. The lowest BCUT2D eigenvalue weighted by molar-refractivity contribution is 0.362. The predicted molar refractivity (Wildman–Crippen MR) is 146 cm³/mol. The van der Waals surface area contributed by atoms with Gasteiger partial charge in [-0.15, -0.1) is 15.0 Å². The Morgan fingerprint density at radius 1 is 0.486 bits per heavy atom. The number of aromatic nitrogens is 3. The summed E-state index contributed by atoms with van der Waals surface area (Å²) in [5.41, 5.74) is 3.71. The van der Waals surface area contributed by atoms with Crippen molar-refractivity contribution in [1.82, 2.24) is 15.0 Å². The summed E-state index contributed by atoms with van der Waals surface area (Å²) in [5, 5.41) is 0. The summed E-state index contributed by atoms with van der Waals surface area (Å²) in [6.07, 6.45) is 1.07. The van der Waals surface area contributed by atoms with Crippen LogP contribution in [0.3, 0.4) is 0 Å². The van der Waals surface area contributed by atoms with Gasteiger partial charge in [-0.3, -0.25) is 0 Å². The molecule has 1 unspecified atom stereocenters. The summed E-state index contributed by atoms with van der Waals surface area (Å²) in [4.78, 5) is 13.2. The molecular formula is C31H35N3O3. The average molecular weight is 498 g/mol. The van der Waals surface area contributed by atoms with E-state index >= 15 is 0 Å². The molecule has 3 aromatic carbocycles. The van der Waals surface area contributed by atoms with Crippen LogP contribution in [0.2, 0.25) is 0 Å². The van der Waals surface area contributed by atoms with Crippen LogP contribution in [-0.2, 0) is 0 Å². The highest BCUT2D eigenvalue weighted by molar-refractivity contribution is 5.34. The molecule has 6 heteroatoms. The average Bonchev–Trinajstić information content (AvgIpc) is 2.89. The molecule has 0 amide bonds. The van der Waals surface area contributed by atoms with Gasteiger partial charge in [-0.05, 0) is 77.3 Å². The summed E-state index contributed by atoms with van der Waals surface area (Å²) in [6, 6.07) is 24.0. The zero-order valence-electron chi connectivity index (χ0n) is 22.4. The Kier molecular flexibility index (Phi) is 8.39. The van der Waals surface area contributed by atoms with E-state index in [9.17, 15) is 0 Å². The van der Waals surface area contributed by atoms with Crippen molar-refractivity contribution in [1.29, 1.82) is 0 Å². The third-order valence-electron chi connectivity index (χ3n) is 6.36. The summed E-state index contributed by atoms with van der Waals surface area (Å²) in [6.45, 7) is 13.0. The zero-order valence-corrected chi connectivity index (χ0v) is 22.4. The van der Waals surface area contributed by atoms with Crippen molar-refractivity contribution in [2.45, 2.75) is 65.7 Å². The molecule has 0 N–H and O–H groups in total. The minimum atomic E-state index is 0.0901. The summed E-state index contributed by atoms with van der Waals surface area (Å²) in [7, 11) is 0. The van der Waals surface area contributed by atoms with Gasteiger partial charge in [0.25, 0.3) is 0 Å². The quantitative estimate of drug-likeness (QED) is 0.218. The van der Waals surface area contributed by atoms with Gasteiger partial charge in [0.1, 0.15) is 17.2 Å². The standard InChI is InChI=1S/C31H35N3O3/c1-7-22(6)25-12-18-28(19-13-25)37-31-33-29(35-26-14-8-23(9-15-26)20(2)3)32-30(34-31)36-27-16-10-24(11-17-27)21(4)5/h8-22H,7H2,1-6H3. The molecule has 192 valence electrons. The van der Waals surface area contributed by atoms with E-state index in [1.807, 2.05) is 60.7 Å². The van der Waals surface area contributed by atoms with Crippen molar-refractivity contribution in [2.75, 3.05) is 0 Å². The first-order valence-corrected chi connectivity index (χ1v) is 12.9. The van der Waals surface area contributed by atoms with Crippen LogP contribution in [0.25, 0.3) is 0 Å². The molecular weight excluding hydrogens is 462 g/mol. The fourth-order valence-corrected chi connectivity index (χ4v) is 3.72. The first-order valence-electron chi connectivity index (χ1n) is 12.9. The van der Waals surface area contributed by atoms with Crippen LogP contribution in [0.4, 0.5) is 0 Å². The lowest BCUT2D eigenvalue weighted by Gasteiger charge is -2.12. The van der Waals surface area contributed by atoms with Gasteiger partial charge in [0.05, 0.1) is 0 Å². The SMILES string of the molecule is CCC(C)c1ccc(Oc2nc(Oc3ccc(C(C)C)cc3)nc(Oc3ccc(C(C)C)cc3)n2)cc1. The molecule has 37 heavy (non-hydrogen) atoms. The number of rotatable bonds is 10. The second kappa shape index (κ2) is 11.9. The first-order chi connectivity index (χ1) is 17.8. The highest BCUT2D eigenvalue weighted by Crippen LogP contribution is 2.29. The molecule has 1 aromatic heterocycles. The van der Waals surface area contributed by atoms with Gasteiger partial charge in [0.15, 0.2) is 0 Å². The van der Waals surface area contributed by atoms with Gasteiger partial charge in [0.2, 0.25) is 0 Å². The van der Waals surface area contributed by atoms with Crippen molar-refractivity contribution in [3.8, 4) is 35.3 Å². The Hall–Kier alpha value is -3.93. The first kappa shape index (κ1) is 26.1. The van der Waals surface area contributed by atoms with Crippen LogP contribution < -0.4 is 14.2 Å². The maximum Gasteiger partial charge on any atom is 0.331 e. The lowest BCUT2D eigenvalue weighted by Crippen LogP contribution is -2.01. The van der Waals surface area contributed by atoms with Crippen LogP contribution in [0.15, 0.2) is 72.8 Å². The van der Waals surface area contributed by atoms with Crippen LogP contribution in [0.1, 0.15) is 82.4 Å². The summed E-state index contributed by atoms with van der Waals surface area (Å²) >= 11 is 0. The van der Waals surface area contributed by atoms with E-state index in [2.05, 4.69) is 68.6 Å². The normalized spacial score (nSPS) is 12.0. The molecule has 0 saturated heterocycles. The Morgan fingerprint density at radius 3 is 1.05 bits per heavy atom. The molecule has 4 rings (SSSR count). The predicted octanol–water partition coefficient (Wildman–Crippen LogP) is 9.01. The van der Waals surface area contributed by atoms with Crippen molar-refractivity contribution >= 4 is 0 Å². The highest BCUT2D eigenvalue weighted by Gasteiger charge is 2.14. The second-order valence-electron chi connectivity index (χ2n) is 9.82. The number of nitrogens with zero attached hydrogens (tertiary/aromatic N) is 3. The molecule has 0 fully saturated rings. The molecule has 1 atom stereocenters. The van der Waals surface area contributed by atoms with Crippen molar-refractivity contribution in [3.63, 3.8) is 0 Å². The zero-order chi connectivity index (χ0) is 26.4. The van der Waals surface area contributed by atoms with Gasteiger partial charge < -0.3 is 14.2 Å². The van der Waals surface area contributed by atoms with Gasteiger partial charge >= 0.3 is 18.0 Å². The maximum absolute atomic E-state index is 5.98. The van der Waals surface area contributed by atoms with Gasteiger partial charge in [-0.25, -0.2) is 0 Å². The minimum Gasteiger partial charge on any atom is -0.424 e. The Morgan fingerprint density at radius 2 is 0.784 bits per heavy atom. The Bertz CT molecular complexity index is 1210. The Balaban J connectivity index is 1.60. The number of benzene rings is 3. The van der Waals surface area contributed by atoms with Crippen molar-refractivity contribution in [2.24, 2.45) is 0 Å². The summed E-state index contributed by atoms with van der Waals surface area (Å²) < 4.78 is 17.9. The van der Waals surface area contributed by atoms with Gasteiger partial charge in [0, 0.05) is 0 Å². The van der Waals surface area contributed by atoms with Crippen LogP contribution in [-0.4, -0.2) is 15.0 Å². The van der Waals surface area contributed by atoms with E-state index < -0.39 is 0 Å². The van der Waals surface area contributed by atoms with Crippen molar-refractivity contribution in [3.05, 3.63) is 89.5 Å². The molecule has 0 aliphatic rings. The maximum atomic E-state index is 5.98. The Labute approximate surface area is 219 Å². The molecule has 0 radical (unpaired) electrons. The molecule has 0 saturated carbocycles. The van der Waals surface area contributed by atoms with Gasteiger partial charge in [-0.2, -0.15) is 0 Å². The fourth-order valence-electron chi connectivity index (χ4n) is 3.72. The van der Waals surface area contributed by atoms with E-state index in [1.54, 1.807) is 0 Å². The molecule has 4 aromatic rings. The van der Waals surface area contributed by atoms with E-state index in [0.29, 0.717) is 35.0 Å². The van der Waals surface area contributed by atoms with E-state index in [1.165, 1.54) is 16.7 Å². The van der Waals surface area contributed by atoms with E-state index in [-0.39, 0.29) is 18.0 Å². The smallest absolute Gasteiger partial charge is 0.331 e. The minimum absolute atomic E-state index is 0.0901. The highest BCUT2D eigenvalue weighted by atomic mass is 16.5. The van der Waals surface area contributed by atoms with Crippen LogP contribution >= 0.6 is 0 Å². The third kappa shape index (κ3) is 7.06. The fraction of sp³-hybridized carbons (Fsp3) is 0.323. The lowest BCUT2D eigenvalue weighted by atomic mass is 9.99. The van der Waals surface area contributed by atoms with E-state index in [0.717, 1.165) is 6.42 Å². The molecule has 0 aliphatic carbocycles. The largest absolute Gasteiger partial charge is 0.424 e. The molecule has 0 spiro atoms. The number of hydrogen-bond acceptors (Lipinski definition) is 6.